The largest absolute Gasteiger partial charge is 0.341 e. The van der Waals surface area contributed by atoms with Crippen molar-refractivity contribution in [3.63, 3.8) is 0 Å². The molecule has 0 radical (unpaired) electrons. The summed E-state index contributed by atoms with van der Waals surface area (Å²) in [6.07, 6.45) is 1.45. The lowest BCUT2D eigenvalue weighted by Crippen LogP contribution is -2.34. The van der Waals surface area contributed by atoms with Crippen LogP contribution in [0.5, 0.6) is 0 Å². The van der Waals surface area contributed by atoms with E-state index in [4.69, 9.17) is 11.6 Å². The lowest BCUT2D eigenvalue weighted by atomic mass is 10.0. The van der Waals surface area contributed by atoms with Crippen LogP contribution in [0.3, 0.4) is 0 Å². The Morgan fingerprint density at radius 3 is 2.62 bits per heavy atom. The summed E-state index contributed by atoms with van der Waals surface area (Å²) in [5.74, 6) is -2.55. The first-order valence-electron chi connectivity index (χ1n) is 7.74. The summed E-state index contributed by atoms with van der Waals surface area (Å²) in [6, 6.07) is 8.83. The highest BCUT2D eigenvalue weighted by Gasteiger charge is 2.22. The zero-order chi connectivity index (χ0) is 18.7. The monoisotopic (exact) mass is 388 g/mol. The number of aromatic nitrogens is 1. The van der Waals surface area contributed by atoms with Crippen LogP contribution in [0.25, 0.3) is 11.1 Å². The van der Waals surface area contributed by atoms with Gasteiger partial charge in [0.1, 0.15) is 5.82 Å². The molecular formula is C19H14ClFN2O2S. The van der Waals surface area contributed by atoms with Gasteiger partial charge < -0.3 is 5.32 Å². The van der Waals surface area contributed by atoms with E-state index in [2.05, 4.69) is 10.3 Å². The summed E-state index contributed by atoms with van der Waals surface area (Å²) in [6.45, 7) is 1.68. The first kappa shape index (κ1) is 18.2. The number of pyridine rings is 1. The minimum absolute atomic E-state index is 0.266. The van der Waals surface area contributed by atoms with Crippen molar-refractivity contribution in [1.29, 1.82) is 0 Å². The molecule has 1 atom stereocenters. The van der Waals surface area contributed by atoms with Crippen LogP contribution in [0.15, 0.2) is 53.4 Å². The second kappa shape index (κ2) is 7.76. The lowest BCUT2D eigenvalue weighted by Gasteiger charge is -2.13. The number of benzene rings is 1. The van der Waals surface area contributed by atoms with Gasteiger partial charge in [-0.25, -0.2) is 4.39 Å². The van der Waals surface area contributed by atoms with Gasteiger partial charge in [0, 0.05) is 6.20 Å². The van der Waals surface area contributed by atoms with E-state index < -0.39 is 23.5 Å². The van der Waals surface area contributed by atoms with Crippen molar-refractivity contribution < 1.29 is 14.0 Å². The highest BCUT2D eigenvalue weighted by Crippen LogP contribution is 2.24. The van der Waals surface area contributed by atoms with E-state index in [0.29, 0.717) is 16.3 Å². The zero-order valence-electron chi connectivity index (χ0n) is 13.7. The Kier molecular flexibility index (Phi) is 5.44. The topological polar surface area (TPSA) is 59.1 Å². The van der Waals surface area contributed by atoms with Crippen molar-refractivity contribution in [3.05, 3.63) is 75.5 Å². The number of carbonyl (C=O) groups is 2. The van der Waals surface area contributed by atoms with Crippen LogP contribution >= 0.6 is 22.9 Å². The maximum Gasteiger partial charge on any atom is 0.293 e. The molecule has 0 saturated carbocycles. The Labute approximate surface area is 158 Å². The van der Waals surface area contributed by atoms with Gasteiger partial charge in [-0.2, -0.15) is 11.3 Å². The molecule has 3 rings (SSSR count). The van der Waals surface area contributed by atoms with Gasteiger partial charge in [-0.3, -0.25) is 14.6 Å². The number of ketones is 1. The van der Waals surface area contributed by atoms with Crippen LogP contribution in [0.4, 0.5) is 4.39 Å². The second-order valence-corrected chi connectivity index (χ2v) is 6.85. The number of nitrogens with one attached hydrogen (secondary N) is 1. The normalized spacial score (nSPS) is 11.8. The SMILES string of the molecule is C[C@@H](NC(=O)C(=O)c1ccc(-c2ccsc2)cc1F)c1ccc(Cl)cn1. The number of hydrogen-bond donors (Lipinski definition) is 1. The van der Waals surface area contributed by atoms with E-state index in [1.165, 1.54) is 29.7 Å². The predicted molar refractivity (Wildman–Crippen MR) is 99.8 cm³/mol. The van der Waals surface area contributed by atoms with Crippen molar-refractivity contribution in [2.75, 3.05) is 0 Å². The highest BCUT2D eigenvalue weighted by molar-refractivity contribution is 7.08. The Morgan fingerprint density at radius 1 is 1.19 bits per heavy atom. The van der Waals surface area contributed by atoms with Crippen LogP contribution < -0.4 is 5.32 Å². The van der Waals surface area contributed by atoms with Gasteiger partial charge in [-0.1, -0.05) is 17.7 Å². The molecule has 0 spiro atoms. The molecule has 2 aromatic heterocycles. The van der Waals surface area contributed by atoms with E-state index in [1.54, 1.807) is 25.1 Å². The molecule has 2 heterocycles. The maximum absolute atomic E-state index is 14.3. The number of thiophene rings is 1. The molecular weight excluding hydrogens is 375 g/mol. The number of nitrogens with zero attached hydrogens (tertiary/aromatic N) is 1. The van der Waals surface area contributed by atoms with Crippen molar-refractivity contribution in [1.82, 2.24) is 10.3 Å². The van der Waals surface area contributed by atoms with E-state index in [9.17, 15) is 14.0 Å². The summed E-state index contributed by atoms with van der Waals surface area (Å²) in [5.41, 5.74) is 1.79. The van der Waals surface area contributed by atoms with Crippen LogP contribution in [0.2, 0.25) is 5.02 Å². The first-order valence-corrected chi connectivity index (χ1v) is 9.06. The van der Waals surface area contributed by atoms with E-state index in [-0.39, 0.29) is 5.56 Å². The van der Waals surface area contributed by atoms with Gasteiger partial charge >= 0.3 is 0 Å². The number of amides is 1. The standard InChI is InChI=1S/C19H14ClFN2O2S/c1-11(17-5-3-14(20)9-22-17)23-19(25)18(24)15-4-2-12(8-16(15)21)13-6-7-26-10-13/h2-11H,1H3,(H,23,25)/t11-/m1/s1. The third kappa shape index (κ3) is 3.98. The Hall–Kier alpha value is -2.57. The molecule has 0 aliphatic heterocycles. The lowest BCUT2D eigenvalue weighted by molar-refractivity contribution is -0.117. The number of halogens is 2. The molecule has 132 valence electrons. The Bertz CT molecular complexity index is 943. The summed E-state index contributed by atoms with van der Waals surface area (Å²) in [4.78, 5) is 28.6. The minimum Gasteiger partial charge on any atom is -0.341 e. The number of hydrogen-bond acceptors (Lipinski definition) is 4. The van der Waals surface area contributed by atoms with Crippen molar-refractivity contribution in [3.8, 4) is 11.1 Å². The highest BCUT2D eigenvalue weighted by atomic mass is 35.5. The fourth-order valence-electron chi connectivity index (χ4n) is 2.41. The van der Waals surface area contributed by atoms with Gasteiger partial charge in [-0.05, 0) is 59.1 Å². The molecule has 7 heteroatoms. The molecule has 1 amide bonds. The smallest absolute Gasteiger partial charge is 0.293 e. The van der Waals surface area contributed by atoms with Crippen LogP contribution in [-0.4, -0.2) is 16.7 Å². The molecule has 26 heavy (non-hydrogen) atoms. The summed E-state index contributed by atoms with van der Waals surface area (Å²) in [7, 11) is 0. The van der Waals surface area contributed by atoms with Crippen LogP contribution in [-0.2, 0) is 4.79 Å². The van der Waals surface area contributed by atoms with Crippen molar-refractivity contribution >= 4 is 34.6 Å². The average molecular weight is 389 g/mol. The molecule has 0 bridgehead atoms. The number of carbonyl (C=O) groups excluding carboxylic acids is 2. The molecule has 0 aliphatic carbocycles. The fourth-order valence-corrected chi connectivity index (χ4v) is 3.19. The minimum atomic E-state index is -0.930. The molecule has 1 N–H and O–H groups in total. The summed E-state index contributed by atoms with van der Waals surface area (Å²) >= 11 is 7.27. The molecule has 0 aliphatic rings. The predicted octanol–water partition coefficient (Wildman–Crippen LogP) is 4.66. The molecule has 3 aromatic rings. The quantitative estimate of drug-likeness (QED) is 0.510. The Balaban J connectivity index is 1.74. The summed E-state index contributed by atoms with van der Waals surface area (Å²) in [5, 5.41) is 6.75. The van der Waals surface area contributed by atoms with Gasteiger partial charge in [0.2, 0.25) is 0 Å². The molecule has 0 unspecified atom stereocenters. The third-order valence-corrected chi connectivity index (χ3v) is 4.72. The number of rotatable bonds is 5. The van der Waals surface area contributed by atoms with Crippen LogP contribution in [0, 0.1) is 5.82 Å². The average Bonchev–Trinajstić information content (AvgIpc) is 3.16. The van der Waals surface area contributed by atoms with Gasteiger partial charge in [-0.15, -0.1) is 0 Å². The molecule has 0 fully saturated rings. The zero-order valence-corrected chi connectivity index (χ0v) is 15.3. The molecule has 4 nitrogen and oxygen atoms in total. The van der Waals surface area contributed by atoms with E-state index >= 15 is 0 Å². The molecule has 1 aromatic carbocycles. The van der Waals surface area contributed by atoms with Gasteiger partial charge in [0.15, 0.2) is 0 Å². The van der Waals surface area contributed by atoms with Gasteiger partial charge in [0.25, 0.3) is 11.7 Å². The molecule has 0 saturated heterocycles. The third-order valence-electron chi connectivity index (χ3n) is 3.82. The first-order chi connectivity index (χ1) is 12.5. The van der Waals surface area contributed by atoms with Crippen molar-refractivity contribution in [2.45, 2.75) is 13.0 Å². The fraction of sp³-hybridized carbons (Fsp3) is 0.105. The second-order valence-electron chi connectivity index (χ2n) is 5.63. The van der Waals surface area contributed by atoms with E-state index in [1.807, 2.05) is 16.8 Å². The Morgan fingerprint density at radius 2 is 2.00 bits per heavy atom. The maximum atomic E-state index is 14.3. The summed E-state index contributed by atoms with van der Waals surface area (Å²) < 4.78 is 14.3. The van der Waals surface area contributed by atoms with Gasteiger partial charge in [0.05, 0.1) is 22.3 Å². The number of Topliss-reactive ketones (excluding diaryl/α,β-unsaturated/α-hetero) is 1. The van der Waals surface area contributed by atoms with E-state index in [0.717, 1.165) is 5.56 Å². The van der Waals surface area contributed by atoms with Crippen LogP contribution in [0.1, 0.15) is 29.0 Å². The van der Waals surface area contributed by atoms with Crippen molar-refractivity contribution in [2.24, 2.45) is 0 Å².